The second-order valence-corrected chi connectivity index (χ2v) is 4.36. The third kappa shape index (κ3) is 3.20. The molecule has 5 heteroatoms. The maximum atomic E-state index is 5.25. The Labute approximate surface area is 97.2 Å². The van der Waals surface area contributed by atoms with Gasteiger partial charge in [0.1, 0.15) is 0 Å². The van der Waals surface area contributed by atoms with E-state index in [0.717, 1.165) is 13.0 Å². The van der Waals surface area contributed by atoms with Gasteiger partial charge in [-0.3, -0.25) is 0 Å². The molecule has 1 heterocycles. The van der Waals surface area contributed by atoms with E-state index in [9.17, 15) is 0 Å². The first-order chi connectivity index (χ1) is 7.56. The SMILES string of the molecule is CCCNC(C)C(C)c1nc(N(C)C)no1. The molecule has 92 valence electrons. The average molecular weight is 226 g/mol. The summed E-state index contributed by atoms with van der Waals surface area (Å²) in [5.41, 5.74) is 0. The van der Waals surface area contributed by atoms with E-state index in [1.165, 1.54) is 0 Å². The van der Waals surface area contributed by atoms with Gasteiger partial charge in [0.05, 0.1) is 5.92 Å². The summed E-state index contributed by atoms with van der Waals surface area (Å²) in [6, 6.07) is 0.343. The topological polar surface area (TPSA) is 54.2 Å². The molecule has 0 amide bonds. The highest BCUT2D eigenvalue weighted by molar-refractivity contribution is 5.24. The lowest BCUT2D eigenvalue weighted by molar-refractivity contribution is 0.330. The molecule has 1 aromatic rings. The Morgan fingerprint density at radius 1 is 1.38 bits per heavy atom. The largest absolute Gasteiger partial charge is 0.344 e. The highest BCUT2D eigenvalue weighted by Gasteiger charge is 2.20. The second-order valence-electron chi connectivity index (χ2n) is 4.36. The molecule has 0 bridgehead atoms. The maximum Gasteiger partial charge on any atom is 0.265 e. The minimum Gasteiger partial charge on any atom is -0.344 e. The summed E-state index contributed by atoms with van der Waals surface area (Å²) in [6.07, 6.45) is 1.13. The fraction of sp³-hybridized carbons (Fsp3) is 0.818. The molecular weight excluding hydrogens is 204 g/mol. The molecule has 0 aliphatic heterocycles. The summed E-state index contributed by atoms with van der Waals surface area (Å²) in [5, 5.41) is 7.34. The van der Waals surface area contributed by atoms with E-state index in [0.29, 0.717) is 17.9 Å². The van der Waals surface area contributed by atoms with Gasteiger partial charge in [-0.15, -0.1) is 0 Å². The van der Waals surface area contributed by atoms with E-state index in [2.05, 4.69) is 36.2 Å². The van der Waals surface area contributed by atoms with Gasteiger partial charge in [0, 0.05) is 20.1 Å². The van der Waals surface area contributed by atoms with Crippen LogP contribution in [0.3, 0.4) is 0 Å². The van der Waals surface area contributed by atoms with Crippen LogP contribution in [0.1, 0.15) is 39.0 Å². The molecular formula is C11H22N4O. The molecule has 0 fully saturated rings. The van der Waals surface area contributed by atoms with Crippen LogP contribution >= 0.6 is 0 Å². The quantitative estimate of drug-likeness (QED) is 0.799. The number of nitrogens with one attached hydrogen (secondary N) is 1. The Balaban J connectivity index is 2.60. The van der Waals surface area contributed by atoms with Crippen molar-refractivity contribution in [3.05, 3.63) is 5.89 Å². The number of hydrogen-bond donors (Lipinski definition) is 1. The molecule has 0 saturated carbocycles. The van der Waals surface area contributed by atoms with Crippen LogP contribution in [0, 0.1) is 0 Å². The minimum atomic E-state index is 0.229. The van der Waals surface area contributed by atoms with E-state index in [1.54, 1.807) is 0 Å². The Morgan fingerprint density at radius 3 is 2.56 bits per heavy atom. The Kier molecular flexibility index (Phi) is 4.73. The summed E-state index contributed by atoms with van der Waals surface area (Å²) < 4.78 is 5.25. The van der Waals surface area contributed by atoms with Gasteiger partial charge in [-0.25, -0.2) is 0 Å². The molecule has 0 radical (unpaired) electrons. The van der Waals surface area contributed by atoms with Crippen LogP contribution in [-0.2, 0) is 0 Å². The molecule has 2 atom stereocenters. The number of aromatic nitrogens is 2. The number of rotatable bonds is 6. The summed E-state index contributed by atoms with van der Waals surface area (Å²) in [5.74, 6) is 1.55. The van der Waals surface area contributed by atoms with Gasteiger partial charge >= 0.3 is 0 Å². The fourth-order valence-electron chi connectivity index (χ4n) is 1.36. The summed E-state index contributed by atoms with van der Waals surface area (Å²) in [4.78, 5) is 6.18. The second kappa shape index (κ2) is 5.84. The van der Waals surface area contributed by atoms with Crippen molar-refractivity contribution in [1.29, 1.82) is 0 Å². The van der Waals surface area contributed by atoms with Gasteiger partial charge in [-0.2, -0.15) is 4.98 Å². The van der Waals surface area contributed by atoms with Crippen molar-refractivity contribution >= 4 is 5.95 Å². The monoisotopic (exact) mass is 226 g/mol. The number of anilines is 1. The van der Waals surface area contributed by atoms with Crippen molar-refractivity contribution in [2.24, 2.45) is 0 Å². The third-order valence-electron chi connectivity index (χ3n) is 2.69. The zero-order valence-electron chi connectivity index (χ0n) is 10.8. The van der Waals surface area contributed by atoms with Crippen molar-refractivity contribution in [3.8, 4) is 0 Å². The van der Waals surface area contributed by atoms with Gasteiger partial charge in [0.25, 0.3) is 5.95 Å². The summed E-state index contributed by atoms with van der Waals surface area (Å²) in [6.45, 7) is 7.40. The number of hydrogen-bond acceptors (Lipinski definition) is 5. The molecule has 0 aliphatic carbocycles. The van der Waals surface area contributed by atoms with Crippen LogP contribution in [0.25, 0.3) is 0 Å². The van der Waals surface area contributed by atoms with Crippen molar-refractivity contribution < 1.29 is 4.52 Å². The Bertz CT molecular complexity index is 311. The zero-order valence-corrected chi connectivity index (χ0v) is 10.8. The van der Waals surface area contributed by atoms with Gasteiger partial charge in [-0.05, 0) is 25.0 Å². The van der Waals surface area contributed by atoms with Crippen LogP contribution in [0.15, 0.2) is 4.52 Å². The lowest BCUT2D eigenvalue weighted by atomic mass is 10.0. The fourth-order valence-corrected chi connectivity index (χ4v) is 1.36. The molecule has 0 aliphatic rings. The van der Waals surface area contributed by atoms with Crippen LogP contribution in [0.4, 0.5) is 5.95 Å². The first kappa shape index (κ1) is 13.0. The standard InChI is InChI=1S/C11H22N4O/c1-6-7-12-9(3)8(2)10-13-11(14-16-10)15(4)5/h8-9,12H,6-7H2,1-5H3. The molecule has 0 aromatic carbocycles. The van der Waals surface area contributed by atoms with Crippen LogP contribution in [0.5, 0.6) is 0 Å². The Morgan fingerprint density at radius 2 is 2.06 bits per heavy atom. The predicted octanol–water partition coefficient (Wildman–Crippen LogP) is 1.63. The van der Waals surface area contributed by atoms with Gasteiger partial charge in [0.2, 0.25) is 5.89 Å². The lowest BCUT2D eigenvalue weighted by Gasteiger charge is -2.17. The van der Waals surface area contributed by atoms with E-state index < -0.39 is 0 Å². The first-order valence-corrected chi connectivity index (χ1v) is 5.80. The zero-order chi connectivity index (χ0) is 12.1. The first-order valence-electron chi connectivity index (χ1n) is 5.80. The van der Waals surface area contributed by atoms with E-state index in [-0.39, 0.29) is 5.92 Å². The van der Waals surface area contributed by atoms with Crippen molar-refractivity contribution in [1.82, 2.24) is 15.5 Å². The molecule has 5 nitrogen and oxygen atoms in total. The van der Waals surface area contributed by atoms with Gasteiger partial charge in [-0.1, -0.05) is 13.8 Å². The molecule has 2 unspecified atom stereocenters. The average Bonchev–Trinajstić information content (AvgIpc) is 2.74. The van der Waals surface area contributed by atoms with Crippen LogP contribution < -0.4 is 10.2 Å². The normalized spacial score (nSPS) is 14.8. The molecule has 16 heavy (non-hydrogen) atoms. The van der Waals surface area contributed by atoms with Gasteiger partial charge in [0.15, 0.2) is 0 Å². The summed E-state index contributed by atoms with van der Waals surface area (Å²) >= 11 is 0. The molecule has 0 spiro atoms. The third-order valence-corrected chi connectivity index (χ3v) is 2.69. The smallest absolute Gasteiger partial charge is 0.265 e. The number of nitrogens with zero attached hydrogens (tertiary/aromatic N) is 3. The van der Waals surface area contributed by atoms with Gasteiger partial charge < -0.3 is 14.7 Å². The highest BCUT2D eigenvalue weighted by atomic mass is 16.5. The van der Waals surface area contributed by atoms with Crippen LogP contribution in [0.2, 0.25) is 0 Å². The minimum absolute atomic E-state index is 0.229. The molecule has 1 N–H and O–H groups in total. The van der Waals surface area contributed by atoms with Crippen LogP contribution in [-0.4, -0.2) is 36.8 Å². The predicted molar refractivity (Wildman–Crippen MR) is 64.8 cm³/mol. The van der Waals surface area contributed by atoms with E-state index in [4.69, 9.17) is 4.52 Å². The lowest BCUT2D eigenvalue weighted by Crippen LogP contribution is -2.31. The highest BCUT2D eigenvalue weighted by Crippen LogP contribution is 2.19. The van der Waals surface area contributed by atoms with E-state index in [1.807, 2.05) is 19.0 Å². The summed E-state index contributed by atoms with van der Waals surface area (Å²) in [7, 11) is 3.80. The molecule has 1 aromatic heterocycles. The van der Waals surface area contributed by atoms with Crippen molar-refractivity contribution in [2.75, 3.05) is 25.5 Å². The molecule has 0 saturated heterocycles. The molecule has 1 rings (SSSR count). The van der Waals surface area contributed by atoms with Crippen molar-refractivity contribution in [2.45, 2.75) is 39.2 Å². The van der Waals surface area contributed by atoms with Crippen molar-refractivity contribution in [3.63, 3.8) is 0 Å². The Hall–Kier alpha value is -1.10. The van der Waals surface area contributed by atoms with E-state index >= 15 is 0 Å². The maximum absolute atomic E-state index is 5.25.